The summed E-state index contributed by atoms with van der Waals surface area (Å²) in [6.45, 7) is 8.51. The van der Waals surface area contributed by atoms with Gasteiger partial charge in [-0.05, 0) is 46.2 Å². The van der Waals surface area contributed by atoms with Crippen LogP contribution < -0.4 is 5.32 Å². The third kappa shape index (κ3) is 2.87. The number of nitrogens with zero attached hydrogens (tertiary/aromatic N) is 1. The van der Waals surface area contributed by atoms with Gasteiger partial charge < -0.3 is 15.3 Å². The Labute approximate surface area is 85.3 Å². The van der Waals surface area contributed by atoms with Crippen LogP contribution in [0.15, 0.2) is 0 Å². The molecule has 0 aromatic heterocycles. The monoisotopic (exact) mass is 200 g/mol. The summed E-state index contributed by atoms with van der Waals surface area (Å²) in [6.07, 6.45) is 0.154. The molecule has 14 heavy (non-hydrogen) atoms. The third-order valence-electron chi connectivity index (χ3n) is 2.67. The molecule has 1 amide bonds. The molecule has 1 fully saturated rings. The SMILES string of the molecule is CC(C)(C)N(CCC1CNC1)C(=O)O. The Hall–Kier alpha value is -0.770. The summed E-state index contributed by atoms with van der Waals surface area (Å²) in [5.41, 5.74) is -0.289. The van der Waals surface area contributed by atoms with E-state index in [0.717, 1.165) is 19.5 Å². The standard InChI is InChI=1S/C10H20N2O2/c1-10(2,3)12(9(13)14)5-4-8-6-11-7-8/h8,11H,4-7H2,1-3H3,(H,13,14). The molecule has 2 N–H and O–H groups in total. The van der Waals surface area contributed by atoms with Crippen molar-refractivity contribution in [3.05, 3.63) is 0 Å². The van der Waals surface area contributed by atoms with Gasteiger partial charge in [0, 0.05) is 12.1 Å². The van der Waals surface area contributed by atoms with E-state index in [1.807, 2.05) is 20.8 Å². The van der Waals surface area contributed by atoms with Crippen LogP contribution in [0.2, 0.25) is 0 Å². The number of hydrogen-bond donors (Lipinski definition) is 2. The van der Waals surface area contributed by atoms with Crippen molar-refractivity contribution in [1.29, 1.82) is 0 Å². The van der Waals surface area contributed by atoms with Crippen LogP contribution >= 0.6 is 0 Å². The number of amides is 1. The largest absolute Gasteiger partial charge is 0.465 e. The van der Waals surface area contributed by atoms with E-state index in [1.165, 1.54) is 4.90 Å². The fourth-order valence-electron chi connectivity index (χ4n) is 1.58. The van der Waals surface area contributed by atoms with Gasteiger partial charge in [0.25, 0.3) is 0 Å². The van der Waals surface area contributed by atoms with Crippen molar-refractivity contribution >= 4 is 6.09 Å². The van der Waals surface area contributed by atoms with Crippen LogP contribution in [0.1, 0.15) is 27.2 Å². The van der Waals surface area contributed by atoms with E-state index in [1.54, 1.807) is 0 Å². The van der Waals surface area contributed by atoms with Crippen LogP contribution in [0.4, 0.5) is 4.79 Å². The van der Waals surface area contributed by atoms with Crippen LogP contribution in [0, 0.1) is 5.92 Å². The molecule has 0 spiro atoms. The fraction of sp³-hybridized carbons (Fsp3) is 0.900. The minimum Gasteiger partial charge on any atom is -0.465 e. The average molecular weight is 200 g/mol. The predicted octanol–water partition coefficient (Wildman–Crippen LogP) is 1.37. The maximum Gasteiger partial charge on any atom is 0.407 e. The number of nitrogens with one attached hydrogen (secondary N) is 1. The summed E-state index contributed by atoms with van der Waals surface area (Å²) in [4.78, 5) is 12.5. The molecular formula is C10H20N2O2. The summed E-state index contributed by atoms with van der Waals surface area (Å²) in [6, 6.07) is 0. The lowest BCUT2D eigenvalue weighted by molar-refractivity contribution is 0.0934. The molecule has 4 heteroatoms. The van der Waals surface area contributed by atoms with Crippen LogP contribution in [-0.2, 0) is 0 Å². The van der Waals surface area contributed by atoms with Crippen LogP contribution in [0.5, 0.6) is 0 Å². The molecule has 1 saturated heterocycles. The van der Waals surface area contributed by atoms with Crippen LogP contribution in [0.3, 0.4) is 0 Å². The number of carboxylic acid groups (broad SMARTS) is 1. The van der Waals surface area contributed by atoms with Crippen molar-refractivity contribution in [2.24, 2.45) is 5.92 Å². The molecule has 82 valence electrons. The molecule has 1 aliphatic rings. The summed E-state index contributed by atoms with van der Waals surface area (Å²) >= 11 is 0. The number of rotatable bonds is 3. The molecule has 0 radical (unpaired) electrons. The predicted molar refractivity (Wildman–Crippen MR) is 55.5 cm³/mol. The maximum atomic E-state index is 11.0. The average Bonchev–Trinajstić information content (AvgIpc) is 1.90. The molecule has 0 aliphatic carbocycles. The van der Waals surface area contributed by atoms with Crippen molar-refractivity contribution in [3.63, 3.8) is 0 Å². The highest BCUT2D eigenvalue weighted by Gasteiger charge is 2.27. The smallest absolute Gasteiger partial charge is 0.407 e. The van der Waals surface area contributed by atoms with Crippen LogP contribution in [-0.4, -0.2) is 41.3 Å². The van der Waals surface area contributed by atoms with Crippen molar-refractivity contribution in [3.8, 4) is 0 Å². The van der Waals surface area contributed by atoms with Gasteiger partial charge in [0.2, 0.25) is 0 Å². The zero-order valence-electron chi connectivity index (χ0n) is 9.21. The van der Waals surface area contributed by atoms with Gasteiger partial charge in [0.05, 0.1) is 0 Å². The molecule has 4 nitrogen and oxygen atoms in total. The highest BCUT2D eigenvalue weighted by molar-refractivity contribution is 5.65. The molecule has 0 aromatic carbocycles. The Morgan fingerprint density at radius 2 is 2.07 bits per heavy atom. The lowest BCUT2D eigenvalue weighted by Gasteiger charge is -2.36. The van der Waals surface area contributed by atoms with Gasteiger partial charge in [-0.25, -0.2) is 4.79 Å². The van der Waals surface area contributed by atoms with Gasteiger partial charge in [-0.2, -0.15) is 0 Å². The molecule has 0 saturated carbocycles. The van der Waals surface area contributed by atoms with E-state index in [0.29, 0.717) is 12.5 Å². The first-order chi connectivity index (χ1) is 6.41. The Morgan fingerprint density at radius 1 is 1.50 bits per heavy atom. The fourth-order valence-corrected chi connectivity index (χ4v) is 1.58. The summed E-state index contributed by atoms with van der Waals surface area (Å²) in [7, 11) is 0. The van der Waals surface area contributed by atoms with Crippen molar-refractivity contribution in [2.45, 2.75) is 32.7 Å². The third-order valence-corrected chi connectivity index (χ3v) is 2.67. The summed E-state index contributed by atoms with van der Waals surface area (Å²) in [5.74, 6) is 0.666. The molecule has 0 atom stereocenters. The van der Waals surface area contributed by atoms with E-state index in [4.69, 9.17) is 5.11 Å². The Bertz CT molecular complexity index is 207. The quantitative estimate of drug-likeness (QED) is 0.723. The highest BCUT2D eigenvalue weighted by Crippen LogP contribution is 2.17. The number of carbonyl (C=O) groups is 1. The molecule has 0 bridgehead atoms. The Morgan fingerprint density at radius 3 is 2.36 bits per heavy atom. The zero-order chi connectivity index (χ0) is 10.8. The van der Waals surface area contributed by atoms with Gasteiger partial charge in [-0.1, -0.05) is 0 Å². The summed E-state index contributed by atoms with van der Waals surface area (Å²) < 4.78 is 0. The van der Waals surface area contributed by atoms with Crippen LogP contribution in [0.25, 0.3) is 0 Å². The Balaban J connectivity index is 2.39. The highest BCUT2D eigenvalue weighted by atomic mass is 16.4. The Kier molecular flexibility index (Phi) is 3.37. The topological polar surface area (TPSA) is 52.6 Å². The normalized spacial score (nSPS) is 17.6. The van der Waals surface area contributed by atoms with E-state index in [9.17, 15) is 4.79 Å². The van der Waals surface area contributed by atoms with E-state index in [-0.39, 0.29) is 5.54 Å². The molecule has 1 aliphatic heterocycles. The first-order valence-corrected chi connectivity index (χ1v) is 5.12. The maximum absolute atomic E-state index is 11.0. The van der Waals surface area contributed by atoms with Crippen molar-refractivity contribution in [1.82, 2.24) is 10.2 Å². The van der Waals surface area contributed by atoms with Crippen molar-refractivity contribution < 1.29 is 9.90 Å². The first kappa shape index (κ1) is 11.3. The van der Waals surface area contributed by atoms with Gasteiger partial charge >= 0.3 is 6.09 Å². The molecular weight excluding hydrogens is 180 g/mol. The first-order valence-electron chi connectivity index (χ1n) is 5.12. The van der Waals surface area contributed by atoms with E-state index >= 15 is 0 Å². The summed E-state index contributed by atoms with van der Waals surface area (Å²) in [5, 5.41) is 12.2. The molecule has 1 heterocycles. The molecule has 0 aromatic rings. The second kappa shape index (κ2) is 4.17. The van der Waals surface area contributed by atoms with Gasteiger partial charge in [0.1, 0.15) is 0 Å². The second-order valence-corrected chi connectivity index (χ2v) is 4.92. The molecule has 0 unspecified atom stereocenters. The molecule has 1 rings (SSSR count). The minimum absolute atomic E-state index is 0.289. The number of hydrogen-bond acceptors (Lipinski definition) is 2. The van der Waals surface area contributed by atoms with Gasteiger partial charge in [-0.3, -0.25) is 0 Å². The lowest BCUT2D eigenvalue weighted by Crippen LogP contribution is -2.48. The zero-order valence-corrected chi connectivity index (χ0v) is 9.21. The second-order valence-electron chi connectivity index (χ2n) is 4.92. The minimum atomic E-state index is -0.815. The van der Waals surface area contributed by atoms with E-state index in [2.05, 4.69) is 5.32 Å². The van der Waals surface area contributed by atoms with Gasteiger partial charge in [-0.15, -0.1) is 0 Å². The van der Waals surface area contributed by atoms with Crippen molar-refractivity contribution in [2.75, 3.05) is 19.6 Å². The van der Waals surface area contributed by atoms with Gasteiger partial charge in [0.15, 0.2) is 0 Å². The van der Waals surface area contributed by atoms with E-state index < -0.39 is 6.09 Å². The lowest BCUT2D eigenvalue weighted by atomic mass is 9.97.